The molecule has 168 valence electrons. The van der Waals surface area contributed by atoms with Crippen molar-refractivity contribution in [1.82, 2.24) is 15.0 Å². The highest BCUT2D eigenvalue weighted by atomic mass is 14.9. The van der Waals surface area contributed by atoms with Crippen molar-refractivity contribution < 1.29 is 0 Å². The Morgan fingerprint density at radius 2 is 1.14 bits per heavy atom. The maximum Gasteiger partial charge on any atom is 0.160 e. The topological polar surface area (TPSA) is 38.7 Å². The van der Waals surface area contributed by atoms with Gasteiger partial charge in [0.25, 0.3) is 0 Å². The van der Waals surface area contributed by atoms with Crippen LogP contribution in [0.25, 0.3) is 66.2 Å². The standard InChI is InChI=1S/C33H21N3/c1-2-8-26-20-27(15-12-22(26)6-1)30-21-31(36-33(35-30)25-16-18-34-19-17-25)29-11-5-9-24-14-13-23-7-3-4-10-28(23)32(24)29/h1-21H. The van der Waals surface area contributed by atoms with Crippen LogP contribution in [0.1, 0.15) is 0 Å². The van der Waals surface area contributed by atoms with E-state index in [-0.39, 0.29) is 0 Å². The van der Waals surface area contributed by atoms with Gasteiger partial charge in [-0.3, -0.25) is 4.98 Å². The fourth-order valence-corrected chi connectivity index (χ4v) is 4.98. The molecule has 5 aromatic carbocycles. The molecule has 0 fully saturated rings. The van der Waals surface area contributed by atoms with E-state index in [0.29, 0.717) is 5.82 Å². The number of aromatic nitrogens is 3. The van der Waals surface area contributed by atoms with Gasteiger partial charge in [0.15, 0.2) is 5.82 Å². The minimum atomic E-state index is 0.690. The van der Waals surface area contributed by atoms with Crippen LogP contribution in [0.5, 0.6) is 0 Å². The minimum Gasteiger partial charge on any atom is -0.265 e. The van der Waals surface area contributed by atoms with Crippen LogP contribution < -0.4 is 0 Å². The van der Waals surface area contributed by atoms with Gasteiger partial charge in [-0.2, -0.15) is 0 Å². The highest BCUT2D eigenvalue weighted by Gasteiger charge is 2.14. The van der Waals surface area contributed by atoms with Gasteiger partial charge in [0.1, 0.15) is 0 Å². The fourth-order valence-electron chi connectivity index (χ4n) is 4.98. The van der Waals surface area contributed by atoms with Gasteiger partial charge >= 0.3 is 0 Å². The van der Waals surface area contributed by atoms with E-state index in [1.54, 1.807) is 12.4 Å². The first-order valence-corrected chi connectivity index (χ1v) is 12.0. The number of rotatable bonds is 3. The molecule has 0 radical (unpaired) electrons. The summed E-state index contributed by atoms with van der Waals surface area (Å²) in [6.45, 7) is 0. The zero-order chi connectivity index (χ0) is 23.9. The van der Waals surface area contributed by atoms with Crippen molar-refractivity contribution >= 4 is 32.3 Å². The van der Waals surface area contributed by atoms with Crippen LogP contribution in [0, 0.1) is 0 Å². The van der Waals surface area contributed by atoms with Gasteiger partial charge in [-0.15, -0.1) is 0 Å². The summed E-state index contributed by atoms with van der Waals surface area (Å²) in [5.74, 6) is 0.690. The van der Waals surface area contributed by atoms with Crippen molar-refractivity contribution in [3.8, 4) is 33.9 Å². The van der Waals surface area contributed by atoms with Gasteiger partial charge in [0.2, 0.25) is 0 Å². The monoisotopic (exact) mass is 459 g/mol. The largest absolute Gasteiger partial charge is 0.265 e. The maximum atomic E-state index is 5.08. The van der Waals surface area contributed by atoms with Crippen LogP contribution >= 0.6 is 0 Å². The van der Waals surface area contributed by atoms with Crippen molar-refractivity contribution in [3.05, 3.63) is 128 Å². The molecule has 7 rings (SSSR count). The molecule has 0 aliphatic heterocycles. The Balaban J connectivity index is 1.52. The quantitative estimate of drug-likeness (QED) is 0.249. The van der Waals surface area contributed by atoms with E-state index < -0.39 is 0 Å². The number of benzene rings is 5. The van der Waals surface area contributed by atoms with E-state index >= 15 is 0 Å². The zero-order valence-corrected chi connectivity index (χ0v) is 19.5. The molecule has 0 atom stereocenters. The SMILES string of the molecule is c1ccc2cc(-c3cc(-c4cccc5ccc6ccccc6c45)nc(-c4ccncc4)n3)ccc2c1. The van der Waals surface area contributed by atoms with E-state index in [1.165, 1.54) is 32.3 Å². The maximum absolute atomic E-state index is 5.08. The fraction of sp³-hybridized carbons (Fsp3) is 0. The lowest BCUT2D eigenvalue weighted by molar-refractivity contribution is 1.18. The van der Waals surface area contributed by atoms with Gasteiger partial charge < -0.3 is 0 Å². The lowest BCUT2D eigenvalue weighted by atomic mass is 9.95. The van der Waals surface area contributed by atoms with E-state index in [9.17, 15) is 0 Å². The molecule has 0 saturated heterocycles. The van der Waals surface area contributed by atoms with Crippen LogP contribution in [-0.4, -0.2) is 15.0 Å². The number of hydrogen-bond acceptors (Lipinski definition) is 3. The molecule has 3 heteroatoms. The summed E-state index contributed by atoms with van der Waals surface area (Å²) >= 11 is 0. The Morgan fingerprint density at radius 3 is 2.03 bits per heavy atom. The minimum absolute atomic E-state index is 0.690. The molecule has 0 N–H and O–H groups in total. The van der Waals surface area contributed by atoms with Crippen molar-refractivity contribution in [2.75, 3.05) is 0 Å². The molecular weight excluding hydrogens is 438 g/mol. The molecule has 0 spiro atoms. The van der Waals surface area contributed by atoms with Crippen LogP contribution in [-0.2, 0) is 0 Å². The van der Waals surface area contributed by atoms with Crippen LogP contribution in [0.3, 0.4) is 0 Å². The van der Waals surface area contributed by atoms with Crippen LogP contribution in [0.2, 0.25) is 0 Å². The van der Waals surface area contributed by atoms with Crippen molar-refractivity contribution in [3.63, 3.8) is 0 Å². The lowest BCUT2D eigenvalue weighted by Crippen LogP contribution is -1.96. The summed E-state index contributed by atoms with van der Waals surface area (Å²) < 4.78 is 0. The average molecular weight is 460 g/mol. The molecule has 2 heterocycles. The van der Waals surface area contributed by atoms with Gasteiger partial charge in [-0.05, 0) is 56.6 Å². The van der Waals surface area contributed by atoms with Crippen LogP contribution in [0.4, 0.5) is 0 Å². The summed E-state index contributed by atoms with van der Waals surface area (Å²) in [5.41, 5.74) is 4.91. The second kappa shape index (κ2) is 8.40. The molecule has 0 saturated carbocycles. The summed E-state index contributed by atoms with van der Waals surface area (Å²) in [6.07, 6.45) is 3.57. The summed E-state index contributed by atoms with van der Waals surface area (Å²) in [7, 11) is 0. The second-order valence-corrected chi connectivity index (χ2v) is 8.95. The zero-order valence-electron chi connectivity index (χ0n) is 19.5. The summed E-state index contributed by atoms with van der Waals surface area (Å²) in [4.78, 5) is 14.3. The first kappa shape index (κ1) is 20.5. The molecule has 3 nitrogen and oxygen atoms in total. The molecule has 0 amide bonds. The summed E-state index contributed by atoms with van der Waals surface area (Å²) in [5, 5.41) is 7.25. The molecule has 0 aliphatic carbocycles. The van der Waals surface area contributed by atoms with Gasteiger partial charge in [-0.25, -0.2) is 9.97 Å². The van der Waals surface area contributed by atoms with Crippen molar-refractivity contribution in [1.29, 1.82) is 0 Å². The Labute approximate surface area is 208 Å². The smallest absolute Gasteiger partial charge is 0.160 e. The Hall–Kier alpha value is -4.89. The van der Waals surface area contributed by atoms with Crippen molar-refractivity contribution in [2.45, 2.75) is 0 Å². The highest BCUT2D eigenvalue weighted by Crippen LogP contribution is 2.36. The molecule has 0 bridgehead atoms. The number of nitrogens with zero attached hydrogens (tertiary/aromatic N) is 3. The van der Waals surface area contributed by atoms with E-state index in [2.05, 4.69) is 108 Å². The Kier molecular flexibility index (Phi) is 4.78. The van der Waals surface area contributed by atoms with Gasteiger partial charge in [-0.1, -0.05) is 91.0 Å². The first-order valence-electron chi connectivity index (χ1n) is 12.0. The highest BCUT2D eigenvalue weighted by molar-refractivity contribution is 6.14. The lowest BCUT2D eigenvalue weighted by Gasteiger charge is -2.13. The number of fused-ring (bicyclic) bond motifs is 4. The van der Waals surface area contributed by atoms with E-state index in [0.717, 1.165) is 28.1 Å². The Bertz CT molecular complexity index is 1890. The van der Waals surface area contributed by atoms with E-state index in [1.807, 2.05) is 12.1 Å². The molecule has 0 aliphatic rings. The average Bonchev–Trinajstić information content (AvgIpc) is 2.96. The Morgan fingerprint density at radius 1 is 0.444 bits per heavy atom. The predicted molar refractivity (Wildman–Crippen MR) is 149 cm³/mol. The van der Waals surface area contributed by atoms with Gasteiger partial charge in [0, 0.05) is 29.1 Å². The predicted octanol–water partition coefficient (Wildman–Crippen LogP) is 8.33. The second-order valence-electron chi connectivity index (χ2n) is 8.95. The normalized spacial score (nSPS) is 11.3. The molecule has 0 unspecified atom stereocenters. The number of pyridine rings is 1. The first-order chi connectivity index (χ1) is 17.8. The molecule has 36 heavy (non-hydrogen) atoms. The van der Waals surface area contributed by atoms with Gasteiger partial charge in [0.05, 0.1) is 11.4 Å². The molecular formula is C33H21N3. The van der Waals surface area contributed by atoms with E-state index in [4.69, 9.17) is 9.97 Å². The summed E-state index contributed by atoms with van der Waals surface area (Å²) in [6, 6.07) is 40.3. The molecule has 2 aromatic heterocycles. The van der Waals surface area contributed by atoms with Crippen LogP contribution in [0.15, 0.2) is 128 Å². The third kappa shape index (κ3) is 3.50. The molecule has 7 aromatic rings. The third-order valence-electron chi connectivity index (χ3n) is 6.76. The number of hydrogen-bond donors (Lipinski definition) is 0. The third-order valence-corrected chi connectivity index (χ3v) is 6.76. The van der Waals surface area contributed by atoms with Crippen molar-refractivity contribution in [2.24, 2.45) is 0 Å².